The Hall–Kier alpha value is -2.74. The van der Waals surface area contributed by atoms with Gasteiger partial charge in [-0.1, -0.05) is 12.1 Å². The van der Waals surface area contributed by atoms with Gasteiger partial charge in [-0.25, -0.2) is 0 Å². The molecule has 0 saturated carbocycles. The highest BCUT2D eigenvalue weighted by Gasteiger charge is 2.39. The summed E-state index contributed by atoms with van der Waals surface area (Å²) in [6.45, 7) is 1.98. The van der Waals surface area contributed by atoms with Crippen molar-refractivity contribution in [3.63, 3.8) is 0 Å². The molecular formula is C17H14N2O5S. The van der Waals surface area contributed by atoms with Gasteiger partial charge in [-0.3, -0.25) is 19.8 Å². The monoisotopic (exact) mass is 358 g/mol. The molecule has 8 heteroatoms. The molecule has 1 saturated heterocycles. The first-order valence-electron chi connectivity index (χ1n) is 7.63. The van der Waals surface area contributed by atoms with Crippen LogP contribution < -0.4 is 14.4 Å². The van der Waals surface area contributed by atoms with E-state index in [1.54, 1.807) is 11.0 Å². The number of thioether (sulfide) groups is 1. The van der Waals surface area contributed by atoms with Crippen LogP contribution in [0.4, 0.5) is 11.4 Å². The van der Waals surface area contributed by atoms with Crippen molar-refractivity contribution >= 4 is 29.0 Å². The zero-order valence-electron chi connectivity index (χ0n) is 13.3. The molecule has 0 N–H and O–H groups in total. The number of carbonyl (C=O) groups excluding carboxylic acids is 1. The molecule has 2 heterocycles. The number of ether oxygens (including phenoxy) is 2. The van der Waals surface area contributed by atoms with Gasteiger partial charge in [0.1, 0.15) is 5.37 Å². The first kappa shape index (κ1) is 15.8. The Morgan fingerprint density at radius 1 is 1.24 bits per heavy atom. The lowest BCUT2D eigenvalue weighted by atomic mass is 10.1. The Labute approximate surface area is 147 Å². The molecule has 1 unspecified atom stereocenters. The fraction of sp³-hybridized carbons (Fsp3) is 0.235. The average molecular weight is 358 g/mol. The minimum absolute atomic E-state index is 0.0360. The number of hydrogen-bond acceptors (Lipinski definition) is 6. The smallest absolute Gasteiger partial charge is 0.279 e. The third-order valence-corrected chi connectivity index (χ3v) is 5.33. The number of carbonyl (C=O) groups is 1. The maximum atomic E-state index is 12.5. The number of benzene rings is 2. The molecule has 2 aliphatic rings. The second-order valence-electron chi connectivity index (χ2n) is 5.79. The van der Waals surface area contributed by atoms with E-state index in [9.17, 15) is 14.9 Å². The van der Waals surface area contributed by atoms with Crippen LogP contribution in [0.5, 0.6) is 11.5 Å². The molecule has 1 fully saturated rings. The van der Waals surface area contributed by atoms with Crippen molar-refractivity contribution in [3.05, 3.63) is 57.6 Å². The first-order valence-corrected chi connectivity index (χ1v) is 8.68. The predicted molar refractivity (Wildman–Crippen MR) is 93.1 cm³/mol. The molecule has 0 aliphatic carbocycles. The Morgan fingerprint density at radius 3 is 2.72 bits per heavy atom. The number of fused-ring (bicyclic) bond motifs is 1. The van der Waals surface area contributed by atoms with Crippen molar-refractivity contribution in [1.82, 2.24) is 0 Å². The Balaban J connectivity index is 1.83. The molecule has 2 aromatic rings. The third-order valence-electron chi connectivity index (χ3n) is 4.13. The zero-order valence-corrected chi connectivity index (χ0v) is 14.1. The summed E-state index contributed by atoms with van der Waals surface area (Å²) in [6.07, 6.45) is 0. The van der Waals surface area contributed by atoms with Crippen LogP contribution in [0.3, 0.4) is 0 Å². The van der Waals surface area contributed by atoms with E-state index in [4.69, 9.17) is 9.47 Å². The van der Waals surface area contributed by atoms with E-state index in [-0.39, 0.29) is 24.1 Å². The summed E-state index contributed by atoms with van der Waals surface area (Å²) in [5.74, 6) is 1.01. The van der Waals surface area contributed by atoms with Gasteiger partial charge >= 0.3 is 0 Å². The number of nitro benzene ring substituents is 1. The van der Waals surface area contributed by atoms with Gasteiger partial charge in [0.25, 0.3) is 5.69 Å². The standard InChI is InChI=1S/C17H14N2O5S/c1-10-3-2-4-11(5-10)18-16(20)8-25-17(18)12-6-14-15(24-9-23-14)7-13(12)19(21)22/h2-7,17H,8-9H2,1H3. The lowest BCUT2D eigenvalue weighted by molar-refractivity contribution is -0.385. The minimum Gasteiger partial charge on any atom is -0.454 e. The van der Waals surface area contributed by atoms with Crippen molar-refractivity contribution in [2.24, 2.45) is 0 Å². The van der Waals surface area contributed by atoms with Crippen LogP contribution in [-0.4, -0.2) is 23.4 Å². The van der Waals surface area contributed by atoms with Gasteiger partial charge in [-0.15, -0.1) is 11.8 Å². The van der Waals surface area contributed by atoms with Crippen LogP contribution in [0.1, 0.15) is 16.5 Å². The number of rotatable bonds is 3. The highest BCUT2D eigenvalue weighted by molar-refractivity contribution is 8.00. The number of hydrogen-bond donors (Lipinski definition) is 0. The highest BCUT2D eigenvalue weighted by Crippen LogP contribution is 2.48. The Morgan fingerprint density at radius 2 is 2.00 bits per heavy atom. The predicted octanol–water partition coefficient (Wildman–Crippen LogP) is 3.41. The average Bonchev–Trinajstić information content (AvgIpc) is 3.19. The van der Waals surface area contributed by atoms with Crippen LogP contribution >= 0.6 is 11.8 Å². The van der Waals surface area contributed by atoms with E-state index >= 15 is 0 Å². The SMILES string of the molecule is Cc1cccc(N2C(=O)CSC2c2cc3c(cc2[N+](=O)[O-])OCO3)c1. The van der Waals surface area contributed by atoms with E-state index in [0.717, 1.165) is 11.3 Å². The molecule has 0 spiro atoms. The van der Waals surface area contributed by atoms with E-state index < -0.39 is 10.3 Å². The second-order valence-corrected chi connectivity index (χ2v) is 6.86. The molecule has 2 aromatic carbocycles. The number of aryl methyl sites for hydroxylation is 1. The number of nitro groups is 1. The minimum atomic E-state index is -0.482. The van der Waals surface area contributed by atoms with E-state index in [1.807, 2.05) is 31.2 Å². The van der Waals surface area contributed by atoms with Crippen LogP contribution in [0, 0.1) is 17.0 Å². The molecule has 7 nitrogen and oxygen atoms in total. The van der Waals surface area contributed by atoms with Crippen LogP contribution in [-0.2, 0) is 4.79 Å². The van der Waals surface area contributed by atoms with E-state index in [1.165, 1.54) is 17.8 Å². The van der Waals surface area contributed by atoms with Gasteiger partial charge in [0.15, 0.2) is 11.5 Å². The number of nitrogens with zero attached hydrogens (tertiary/aromatic N) is 2. The third kappa shape index (κ3) is 2.68. The molecule has 4 rings (SSSR count). The summed E-state index contributed by atoms with van der Waals surface area (Å²) in [5, 5.41) is 11.1. The number of amides is 1. The summed E-state index contributed by atoms with van der Waals surface area (Å²) >= 11 is 1.36. The lowest BCUT2D eigenvalue weighted by Crippen LogP contribution is -2.28. The molecule has 0 bridgehead atoms. The molecule has 1 atom stereocenters. The molecule has 0 radical (unpaired) electrons. The van der Waals surface area contributed by atoms with Crippen LogP contribution in [0.25, 0.3) is 0 Å². The van der Waals surface area contributed by atoms with Gasteiger partial charge in [-0.05, 0) is 30.7 Å². The topological polar surface area (TPSA) is 81.9 Å². The fourth-order valence-electron chi connectivity index (χ4n) is 3.01. The number of anilines is 1. The molecular weight excluding hydrogens is 344 g/mol. The molecule has 1 amide bonds. The summed E-state index contributed by atoms with van der Waals surface area (Å²) in [5.41, 5.74) is 2.11. The lowest BCUT2D eigenvalue weighted by Gasteiger charge is -2.24. The molecule has 0 aromatic heterocycles. The van der Waals surface area contributed by atoms with Gasteiger partial charge in [0.2, 0.25) is 12.7 Å². The second kappa shape index (κ2) is 5.96. The molecule has 128 valence electrons. The van der Waals surface area contributed by atoms with Gasteiger partial charge in [-0.2, -0.15) is 0 Å². The van der Waals surface area contributed by atoms with Crippen LogP contribution in [0.2, 0.25) is 0 Å². The van der Waals surface area contributed by atoms with E-state index in [2.05, 4.69) is 0 Å². The maximum Gasteiger partial charge on any atom is 0.279 e. The molecule has 2 aliphatic heterocycles. The largest absolute Gasteiger partial charge is 0.454 e. The summed E-state index contributed by atoms with van der Waals surface area (Å²) < 4.78 is 10.6. The van der Waals surface area contributed by atoms with Crippen molar-refractivity contribution in [2.45, 2.75) is 12.3 Å². The Kier molecular flexibility index (Phi) is 3.76. The Bertz CT molecular complexity index is 885. The first-order chi connectivity index (χ1) is 12.0. The summed E-state index contributed by atoms with van der Waals surface area (Å²) in [4.78, 5) is 25.2. The van der Waals surface area contributed by atoms with Gasteiger partial charge in [0.05, 0.1) is 22.3 Å². The summed E-state index contributed by atoms with van der Waals surface area (Å²) in [6, 6.07) is 10.5. The molecule has 25 heavy (non-hydrogen) atoms. The van der Waals surface area contributed by atoms with Crippen molar-refractivity contribution in [1.29, 1.82) is 0 Å². The van der Waals surface area contributed by atoms with Crippen molar-refractivity contribution < 1.29 is 19.2 Å². The van der Waals surface area contributed by atoms with Crippen LogP contribution in [0.15, 0.2) is 36.4 Å². The van der Waals surface area contributed by atoms with Gasteiger partial charge < -0.3 is 9.47 Å². The van der Waals surface area contributed by atoms with Crippen molar-refractivity contribution in [2.75, 3.05) is 17.4 Å². The van der Waals surface area contributed by atoms with Crippen molar-refractivity contribution in [3.8, 4) is 11.5 Å². The highest BCUT2D eigenvalue weighted by atomic mass is 32.2. The maximum absolute atomic E-state index is 12.5. The quantitative estimate of drug-likeness (QED) is 0.618. The fourth-order valence-corrected chi connectivity index (χ4v) is 4.21. The van der Waals surface area contributed by atoms with E-state index in [0.29, 0.717) is 17.1 Å². The van der Waals surface area contributed by atoms with Gasteiger partial charge in [0, 0.05) is 5.69 Å². The zero-order chi connectivity index (χ0) is 17.6. The summed E-state index contributed by atoms with van der Waals surface area (Å²) in [7, 11) is 0. The normalized spacial score (nSPS) is 18.7.